The molecule has 0 aromatic carbocycles. The molecule has 1 aromatic heterocycles. The Labute approximate surface area is 85.7 Å². The number of hydrogen-bond acceptors (Lipinski definition) is 2. The summed E-state index contributed by atoms with van der Waals surface area (Å²) in [5.41, 5.74) is 0.998. The molecule has 0 saturated heterocycles. The van der Waals surface area contributed by atoms with Gasteiger partial charge in [0.15, 0.2) is 0 Å². The Morgan fingerprint density at radius 2 is 2.38 bits per heavy atom. The standard InChI is InChI=1S/C8H12BrN3O/c1-6(13)11(2)5-8-7(9)4-10-12(8)3/h4H,5H2,1-3H3. The summed E-state index contributed by atoms with van der Waals surface area (Å²) >= 11 is 3.37. The summed E-state index contributed by atoms with van der Waals surface area (Å²) in [4.78, 5) is 12.6. The maximum absolute atomic E-state index is 11.0. The minimum atomic E-state index is 0.0492. The zero-order valence-electron chi connectivity index (χ0n) is 7.91. The molecule has 0 aliphatic carbocycles. The van der Waals surface area contributed by atoms with E-state index in [1.807, 2.05) is 7.05 Å². The number of halogens is 1. The van der Waals surface area contributed by atoms with Crippen molar-refractivity contribution in [3.05, 3.63) is 16.4 Å². The van der Waals surface area contributed by atoms with E-state index < -0.39 is 0 Å². The molecule has 1 rings (SSSR count). The van der Waals surface area contributed by atoms with Crippen LogP contribution in [0.5, 0.6) is 0 Å². The highest BCUT2D eigenvalue weighted by Crippen LogP contribution is 2.16. The lowest BCUT2D eigenvalue weighted by Gasteiger charge is -2.14. The Hall–Kier alpha value is -0.840. The Kier molecular flexibility index (Phi) is 3.08. The summed E-state index contributed by atoms with van der Waals surface area (Å²) in [6, 6.07) is 0. The maximum Gasteiger partial charge on any atom is 0.219 e. The third-order valence-electron chi connectivity index (χ3n) is 1.94. The van der Waals surface area contributed by atoms with Crippen LogP contribution < -0.4 is 0 Å². The van der Waals surface area contributed by atoms with Gasteiger partial charge in [0.25, 0.3) is 0 Å². The van der Waals surface area contributed by atoms with Gasteiger partial charge in [0, 0.05) is 21.0 Å². The molecule has 13 heavy (non-hydrogen) atoms. The van der Waals surface area contributed by atoms with Gasteiger partial charge in [-0.05, 0) is 15.9 Å². The second-order valence-corrected chi connectivity index (χ2v) is 3.79. The van der Waals surface area contributed by atoms with Crippen molar-refractivity contribution in [2.45, 2.75) is 13.5 Å². The van der Waals surface area contributed by atoms with E-state index in [1.165, 1.54) is 0 Å². The fraction of sp³-hybridized carbons (Fsp3) is 0.500. The summed E-state index contributed by atoms with van der Waals surface area (Å²) in [6.45, 7) is 2.12. The molecule has 0 bridgehead atoms. The minimum absolute atomic E-state index is 0.0492. The second kappa shape index (κ2) is 3.91. The van der Waals surface area contributed by atoms with Gasteiger partial charge in [0.05, 0.1) is 22.9 Å². The van der Waals surface area contributed by atoms with E-state index in [1.54, 1.807) is 29.7 Å². The Bertz CT molecular complexity index is 302. The van der Waals surface area contributed by atoms with Crippen molar-refractivity contribution in [2.24, 2.45) is 7.05 Å². The SMILES string of the molecule is CC(=O)N(C)Cc1c(Br)cnn1C. The molecule has 0 aliphatic rings. The van der Waals surface area contributed by atoms with Gasteiger partial charge < -0.3 is 4.90 Å². The minimum Gasteiger partial charge on any atom is -0.340 e. The maximum atomic E-state index is 11.0. The van der Waals surface area contributed by atoms with E-state index in [-0.39, 0.29) is 5.91 Å². The fourth-order valence-corrected chi connectivity index (χ4v) is 1.42. The normalized spacial score (nSPS) is 10.2. The third kappa shape index (κ3) is 2.30. The Morgan fingerprint density at radius 1 is 1.77 bits per heavy atom. The van der Waals surface area contributed by atoms with Crippen LogP contribution >= 0.6 is 15.9 Å². The van der Waals surface area contributed by atoms with Crippen LogP contribution in [0.15, 0.2) is 10.7 Å². The lowest BCUT2D eigenvalue weighted by molar-refractivity contribution is -0.128. The summed E-state index contributed by atoms with van der Waals surface area (Å²) < 4.78 is 2.69. The van der Waals surface area contributed by atoms with Crippen molar-refractivity contribution in [2.75, 3.05) is 7.05 Å². The number of carbonyl (C=O) groups excluding carboxylic acids is 1. The molecule has 0 radical (unpaired) electrons. The lowest BCUT2D eigenvalue weighted by Crippen LogP contribution is -2.24. The van der Waals surface area contributed by atoms with E-state index in [4.69, 9.17) is 0 Å². The predicted molar refractivity (Wildman–Crippen MR) is 53.1 cm³/mol. The molecule has 1 heterocycles. The highest BCUT2D eigenvalue weighted by atomic mass is 79.9. The van der Waals surface area contributed by atoms with Gasteiger partial charge in [-0.15, -0.1) is 0 Å². The van der Waals surface area contributed by atoms with Gasteiger partial charge in [-0.25, -0.2) is 0 Å². The first-order chi connectivity index (χ1) is 6.02. The van der Waals surface area contributed by atoms with Crippen LogP contribution in [0, 0.1) is 0 Å². The molecule has 0 unspecified atom stereocenters. The molecule has 1 amide bonds. The first-order valence-electron chi connectivity index (χ1n) is 3.90. The Morgan fingerprint density at radius 3 is 2.77 bits per heavy atom. The number of aromatic nitrogens is 2. The predicted octanol–water partition coefficient (Wildman–Crippen LogP) is 1.16. The molecule has 0 N–H and O–H groups in total. The van der Waals surface area contributed by atoms with Crippen LogP contribution in [-0.4, -0.2) is 27.6 Å². The second-order valence-electron chi connectivity index (χ2n) is 2.94. The third-order valence-corrected chi connectivity index (χ3v) is 2.60. The van der Waals surface area contributed by atoms with E-state index in [0.29, 0.717) is 6.54 Å². The summed E-state index contributed by atoms with van der Waals surface area (Å²) in [5.74, 6) is 0.0492. The average Bonchev–Trinajstić information content (AvgIpc) is 2.35. The van der Waals surface area contributed by atoms with Crippen molar-refractivity contribution in [1.82, 2.24) is 14.7 Å². The average molecular weight is 246 g/mol. The van der Waals surface area contributed by atoms with Crippen LogP contribution in [-0.2, 0) is 18.4 Å². The quantitative estimate of drug-likeness (QED) is 0.785. The fourth-order valence-electron chi connectivity index (χ4n) is 0.950. The first kappa shape index (κ1) is 10.2. The molecule has 72 valence electrons. The van der Waals surface area contributed by atoms with Gasteiger partial charge >= 0.3 is 0 Å². The highest BCUT2D eigenvalue weighted by Gasteiger charge is 2.10. The molecular formula is C8H12BrN3O. The number of carbonyl (C=O) groups is 1. The monoisotopic (exact) mass is 245 g/mol. The molecule has 0 fully saturated rings. The number of amides is 1. The van der Waals surface area contributed by atoms with Crippen molar-refractivity contribution in [3.63, 3.8) is 0 Å². The van der Waals surface area contributed by atoms with Gasteiger partial charge in [-0.3, -0.25) is 9.48 Å². The van der Waals surface area contributed by atoms with Crippen LogP contribution in [0.4, 0.5) is 0 Å². The largest absolute Gasteiger partial charge is 0.340 e. The number of aryl methyl sites for hydroxylation is 1. The van der Waals surface area contributed by atoms with Gasteiger partial charge in [-0.2, -0.15) is 5.10 Å². The highest BCUT2D eigenvalue weighted by molar-refractivity contribution is 9.10. The molecule has 0 atom stereocenters. The molecule has 0 aliphatic heterocycles. The molecule has 1 aromatic rings. The lowest BCUT2D eigenvalue weighted by atomic mass is 10.4. The molecule has 4 nitrogen and oxygen atoms in total. The van der Waals surface area contributed by atoms with Crippen LogP contribution in [0.2, 0.25) is 0 Å². The van der Waals surface area contributed by atoms with E-state index in [2.05, 4.69) is 21.0 Å². The van der Waals surface area contributed by atoms with Crippen LogP contribution in [0.25, 0.3) is 0 Å². The van der Waals surface area contributed by atoms with E-state index in [9.17, 15) is 4.79 Å². The number of hydrogen-bond donors (Lipinski definition) is 0. The van der Waals surface area contributed by atoms with Gasteiger partial charge in [0.1, 0.15) is 0 Å². The Balaban J connectivity index is 2.79. The number of rotatable bonds is 2. The van der Waals surface area contributed by atoms with Crippen LogP contribution in [0.1, 0.15) is 12.6 Å². The van der Waals surface area contributed by atoms with Gasteiger partial charge in [0.2, 0.25) is 5.91 Å². The van der Waals surface area contributed by atoms with E-state index >= 15 is 0 Å². The summed E-state index contributed by atoms with van der Waals surface area (Å²) in [6.07, 6.45) is 1.73. The smallest absolute Gasteiger partial charge is 0.219 e. The van der Waals surface area contributed by atoms with Crippen molar-refractivity contribution >= 4 is 21.8 Å². The molecule has 0 saturated carbocycles. The van der Waals surface area contributed by atoms with Crippen LogP contribution in [0.3, 0.4) is 0 Å². The number of nitrogens with zero attached hydrogens (tertiary/aromatic N) is 3. The molecule has 5 heteroatoms. The van der Waals surface area contributed by atoms with Crippen molar-refractivity contribution in [1.29, 1.82) is 0 Å². The summed E-state index contributed by atoms with van der Waals surface area (Å²) in [5, 5.41) is 4.06. The molecule has 0 spiro atoms. The van der Waals surface area contributed by atoms with Crippen molar-refractivity contribution in [3.8, 4) is 0 Å². The van der Waals surface area contributed by atoms with Gasteiger partial charge in [-0.1, -0.05) is 0 Å². The topological polar surface area (TPSA) is 38.1 Å². The molecular weight excluding hydrogens is 234 g/mol. The zero-order chi connectivity index (χ0) is 10.0. The first-order valence-corrected chi connectivity index (χ1v) is 4.69. The van der Waals surface area contributed by atoms with Crippen molar-refractivity contribution < 1.29 is 4.79 Å². The summed E-state index contributed by atoms with van der Waals surface area (Å²) in [7, 11) is 3.62. The van der Waals surface area contributed by atoms with E-state index in [0.717, 1.165) is 10.2 Å². The zero-order valence-corrected chi connectivity index (χ0v) is 9.50.